The summed E-state index contributed by atoms with van der Waals surface area (Å²) in [6.07, 6.45) is 9.20. The number of nitrogens with one attached hydrogen (secondary N) is 4. The Kier molecular flexibility index (Phi) is 27.9. The number of likely N-dealkylation sites (tertiary alicyclic amines) is 2. The van der Waals surface area contributed by atoms with E-state index >= 15 is 0 Å². The van der Waals surface area contributed by atoms with Crippen LogP contribution >= 0.6 is 69.6 Å². The number of amides is 2. The van der Waals surface area contributed by atoms with Crippen molar-refractivity contribution < 1.29 is 38.0 Å². The number of nitrogens with zero attached hydrogens (tertiary/aromatic N) is 3. The number of amidine groups is 4. The number of alkyl halides is 6. The molecule has 436 valence electrons. The summed E-state index contributed by atoms with van der Waals surface area (Å²) in [5, 5.41) is 25.1. The van der Waals surface area contributed by atoms with Gasteiger partial charge in [0.15, 0.2) is 0 Å². The molecule has 0 aliphatic carbocycles. The molecule has 0 bridgehead atoms. The van der Waals surface area contributed by atoms with Crippen molar-refractivity contribution in [2.75, 3.05) is 78.9 Å². The molecule has 2 fully saturated rings. The van der Waals surface area contributed by atoms with Crippen molar-refractivity contribution in [1.29, 1.82) is 16.2 Å². The molecule has 2 heterocycles. The Morgan fingerprint density at radius 1 is 0.512 bits per heavy atom. The minimum Gasteiger partial charge on any atom is -0.494 e. The Morgan fingerprint density at radius 3 is 1.21 bits per heavy atom. The molecule has 4 aromatic carbocycles. The molecule has 10 N–H and O–H groups in total. The Morgan fingerprint density at radius 2 is 0.850 bits per heavy atom. The zero-order valence-electron chi connectivity index (χ0n) is 44.6. The quantitative estimate of drug-likeness (QED) is 0.0134. The Bertz CT molecular complexity index is 2500. The predicted octanol–water partition coefficient (Wildman–Crippen LogP) is 11.3. The molecule has 24 heteroatoms. The van der Waals surface area contributed by atoms with E-state index in [1.165, 1.54) is 19.3 Å². The van der Waals surface area contributed by atoms with Crippen LogP contribution in [-0.4, -0.2) is 132 Å². The highest BCUT2D eigenvalue weighted by Gasteiger charge is 2.24. The molecule has 2 aliphatic rings. The average molecular weight is 1230 g/mol. The summed E-state index contributed by atoms with van der Waals surface area (Å²) >= 11 is 33.3. The first-order valence-electron chi connectivity index (χ1n) is 26.4. The maximum atomic E-state index is 11.7. The van der Waals surface area contributed by atoms with Crippen LogP contribution in [-0.2, 0) is 9.47 Å². The zero-order chi connectivity index (χ0) is 57.9. The first-order chi connectivity index (χ1) is 38.2. The normalized spacial score (nSPS) is 14.7. The predicted molar refractivity (Wildman–Crippen MR) is 320 cm³/mol. The van der Waals surface area contributed by atoms with Crippen molar-refractivity contribution in [3.8, 4) is 23.0 Å². The number of nitrogens with two attached hydrogens (primary N) is 3. The standard InChI is InChI=1S/C31H37Cl6N5O6.C25H35N5O2/c32-30(33,34)19-47-28(43)40-26(38)22-4-8-24(9-5-22)45-17-1-3-21-12-15-42(16-13-21)14-2-18-46-25-10-6-23(7-11-25)27(39)41-29(44)48-20-31(35,36)37;26-24(27)20-4-8-22(9-5-20)31-17-1-3-19-12-15-30(16-13-19)14-2-18-32-23-10-6-21(7-11-23)25(28)29/h4-11,21H,1-3,12-20H2,(H2,38,40,43)(H2,39,41,44);4-11,19H,1-3,12-18H2,(H3,26,27)(H3,28,29). The molecule has 0 radical (unpaired) electrons. The number of carbonyl (C=O) groups excluding carboxylic acids is 2. The topological polar surface area (TPSA) is 270 Å². The molecule has 80 heavy (non-hydrogen) atoms. The molecule has 2 aliphatic heterocycles. The number of hydrogen-bond donors (Lipinski definition) is 7. The molecule has 6 rings (SSSR count). The van der Waals surface area contributed by atoms with Gasteiger partial charge in [0.25, 0.3) is 0 Å². The smallest absolute Gasteiger partial charge is 0.435 e. The van der Waals surface area contributed by atoms with E-state index < -0.39 is 33.0 Å². The summed E-state index contributed by atoms with van der Waals surface area (Å²) in [6, 6.07) is 28.6. The van der Waals surface area contributed by atoms with Crippen LogP contribution in [0.5, 0.6) is 23.0 Å². The van der Waals surface area contributed by atoms with Crippen molar-refractivity contribution >= 4 is 105 Å². The lowest BCUT2D eigenvalue weighted by molar-refractivity contribution is 0.153. The number of hydrogen-bond acceptors (Lipinski definition) is 13. The van der Waals surface area contributed by atoms with Crippen LogP contribution in [0.1, 0.15) is 86.5 Å². The third kappa shape index (κ3) is 26.4. The van der Waals surface area contributed by atoms with E-state index in [1.54, 1.807) is 48.5 Å². The van der Waals surface area contributed by atoms with Gasteiger partial charge < -0.3 is 55.4 Å². The Labute approximate surface area is 498 Å². The molecular weight excluding hydrogens is 1150 g/mol. The highest BCUT2D eigenvalue weighted by molar-refractivity contribution is 6.68. The van der Waals surface area contributed by atoms with Crippen LogP contribution < -0.4 is 41.5 Å². The Balaban J connectivity index is 0.000000318. The summed E-state index contributed by atoms with van der Waals surface area (Å²) in [4.78, 5) is 32.1. The SMILES string of the molecule is N=C(N)c1ccc(OCCCC2CCN(CCCOc3ccc(C(=N)N)cc3)CC2)cc1.N=C(NC(=O)OCC(Cl)(Cl)Cl)c1ccc(OCCCN2CCC(CCCOc3ccc(C(N)=NC(=O)OCC(Cl)(Cl)Cl)cc3)CC2)cc1. The monoisotopic (exact) mass is 1220 g/mol. The molecule has 0 aromatic heterocycles. The molecule has 2 amide bonds. The van der Waals surface area contributed by atoms with Gasteiger partial charge in [-0.15, -0.1) is 0 Å². The Hall–Kier alpha value is -5.44. The molecule has 0 saturated carbocycles. The second-order valence-corrected chi connectivity index (χ2v) is 24.3. The number of piperidine rings is 2. The first-order valence-corrected chi connectivity index (χ1v) is 28.7. The van der Waals surface area contributed by atoms with Gasteiger partial charge in [0, 0.05) is 35.3 Å². The summed E-state index contributed by atoms with van der Waals surface area (Å²) in [5.74, 6) is 4.49. The number of carbonyl (C=O) groups is 2. The fourth-order valence-electron chi connectivity index (χ4n) is 8.68. The van der Waals surface area contributed by atoms with Gasteiger partial charge in [0.1, 0.15) is 59.6 Å². The van der Waals surface area contributed by atoms with Crippen LogP contribution in [0.2, 0.25) is 0 Å². The minimum atomic E-state index is -1.72. The largest absolute Gasteiger partial charge is 0.494 e. The maximum Gasteiger partial charge on any atom is 0.435 e. The van der Waals surface area contributed by atoms with E-state index in [9.17, 15) is 9.59 Å². The average Bonchev–Trinajstić information content (AvgIpc) is 3.44. The van der Waals surface area contributed by atoms with Gasteiger partial charge in [-0.1, -0.05) is 69.6 Å². The van der Waals surface area contributed by atoms with Gasteiger partial charge >= 0.3 is 12.2 Å². The van der Waals surface area contributed by atoms with E-state index in [0.29, 0.717) is 48.4 Å². The lowest BCUT2D eigenvalue weighted by Gasteiger charge is -2.32. The zero-order valence-corrected chi connectivity index (χ0v) is 49.1. The van der Waals surface area contributed by atoms with Gasteiger partial charge in [0.05, 0.1) is 26.4 Å². The van der Waals surface area contributed by atoms with Gasteiger partial charge in [0.2, 0.25) is 7.59 Å². The van der Waals surface area contributed by atoms with Gasteiger partial charge in [-0.25, -0.2) is 9.59 Å². The van der Waals surface area contributed by atoms with Crippen molar-refractivity contribution in [2.45, 2.75) is 71.8 Å². The highest BCUT2D eigenvalue weighted by atomic mass is 35.6. The lowest BCUT2D eigenvalue weighted by Crippen LogP contribution is -2.35. The van der Waals surface area contributed by atoms with Crippen molar-refractivity contribution in [3.63, 3.8) is 0 Å². The molecule has 0 atom stereocenters. The number of benzene rings is 4. The fraction of sp³-hybridized carbons (Fsp3) is 0.464. The maximum absolute atomic E-state index is 11.7. The third-order valence-corrected chi connectivity index (χ3v) is 13.7. The van der Waals surface area contributed by atoms with E-state index in [1.807, 2.05) is 48.5 Å². The molecule has 18 nitrogen and oxygen atoms in total. The summed E-state index contributed by atoms with van der Waals surface area (Å²) in [5.41, 5.74) is 19.3. The second-order valence-electron chi connectivity index (χ2n) is 19.2. The summed E-state index contributed by atoms with van der Waals surface area (Å²) < 4.78 is 29.4. The summed E-state index contributed by atoms with van der Waals surface area (Å²) in [7, 11) is 0. The van der Waals surface area contributed by atoms with Crippen LogP contribution in [0, 0.1) is 28.1 Å². The van der Waals surface area contributed by atoms with Crippen LogP contribution in [0.25, 0.3) is 0 Å². The molecule has 2 saturated heterocycles. The molecule has 0 unspecified atom stereocenters. The van der Waals surface area contributed by atoms with Crippen LogP contribution in [0.3, 0.4) is 0 Å². The van der Waals surface area contributed by atoms with Crippen LogP contribution in [0.4, 0.5) is 9.59 Å². The van der Waals surface area contributed by atoms with Crippen molar-refractivity contribution in [2.24, 2.45) is 34.0 Å². The van der Waals surface area contributed by atoms with E-state index in [0.717, 1.165) is 119 Å². The number of halogens is 6. The third-order valence-electron chi connectivity index (χ3n) is 13.0. The van der Waals surface area contributed by atoms with E-state index in [2.05, 4.69) is 20.1 Å². The van der Waals surface area contributed by atoms with Gasteiger partial charge in [-0.2, -0.15) is 4.99 Å². The molecular formula is C56H72Cl6N10O8. The number of ether oxygens (including phenoxy) is 6. The molecule has 4 aromatic rings. The van der Waals surface area contributed by atoms with Gasteiger partial charge in [-0.3, -0.25) is 21.5 Å². The van der Waals surface area contributed by atoms with Gasteiger partial charge in [-0.05, 0) is 199 Å². The second kappa shape index (κ2) is 34.1. The lowest BCUT2D eigenvalue weighted by atomic mass is 9.92. The first kappa shape index (κ1) is 65.4. The van der Waals surface area contributed by atoms with E-state index in [4.69, 9.17) is 131 Å². The van der Waals surface area contributed by atoms with Crippen molar-refractivity contribution in [3.05, 3.63) is 119 Å². The number of nitrogen functional groups attached to an aromatic ring is 2. The highest BCUT2D eigenvalue weighted by Crippen LogP contribution is 2.28. The minimum absolute atomic E-state index is 0.0170. The summed E-state index contributed by atoms with van der Waals surface area (Å²) in [6.45, 7) is 8.19. The number of rotatable bonds is 26. The molecule has 0 spiro atoms. The van der Waals surface area contributed by atoms with Crippen molar-refractivity contribution in [1.82, 2.24) is 15.1 Å². The van der Waals surface area contributed by atoms with Crippen LogP contribution in [0.15, 0.2) is 102 Å². The fourth-order valence-corrected chi connectivity index (χ4v) is 9.00. The van der Waals surface area contributed by atoms with E-state index in [-0.39, 0.29) is 23.3 Å². The number of alkyl carbamates (subject to hydrolysis) is 1. The number of aliphatic imine (C=N–C) groups is 1.